The molecule has 0 saturated carbocycles. The third kappa shape index (κ3) is 4.42. The average Bonchev–Trinajstić information content (AvgIpc) is 3.01. The molecule has 0 N–H and O–H groups in total. The summed E-state index contributed by atoms with van der Waals surface area (Å²) in [5, 5.41) is 0. The van der Waals surface area contributed by atoms with Crippen LogP contribution in [0.2, 0.25) is 0 Å². The van der Waals surface area contributed by atoms with Crippen molar-refractivity contribution < 1.29 is 9.53 Å². The fraction of sp³-hybridized carbons (Fsp3) is 0.0833. The van der Waals surface area contributed by atoms with Crippen molar-refractivity contribution in [3.8, 4) is 5.75 Å². The van der Waals surface area contributed by atoms with Gasteiger partial charge in [-0.1, -0.05) is 90.2 Å². The topological polar surface area (TPSA) is 29.5 Å². The third-order valence-electron chi connectivity index (χ3n) is 4.49. The van der Waals surface area contributed by atoms with Gasteiger partial charge in [0.1, 0.15) is 12.4 Å². The molecule has 3 nitrogen and oxygen atoms in total. The molecular weight excluding hydrogens is 398 g/mol. The van der Waals surface area contributed by atoms with Gasteiger partial charge in [0, 0.05) is 5.56 Å². The van der Waals surface area contributed by atoms with Gasteiger partial charge in [0.25, 0.3) is 5.91 Å². The second-order valence-electron chi connectivity index (χ2n) is 6.67. The van der Waals surface area contributed by atoms with E-state index in [0.717, 1.165) is 22.6 Å². The van der Waals surface area contributed by atoms with Crippen LogP contribution in [0.5, 0.6) is 5.75 Å². The number of para-hydroxylation sites is 2. The molecule has 0 aromatic heterocycles. The molecule has 1 fully saturated rings. The minimum Gasteiger partial charge on any atom is -0.488 e. The lowest BCUT2D eigenvalue weighted by Gasteiger charge is -2.14. The van der Waals surface area contributed by atoms with Crippen LogP contribution in [0.15, 0.2) is 83.8 Å². The molecule has 144 valence electrons. The molecule has 29 heavy (non-hydrogen) atoms. The second kappa shape index (κ2) is 8.64. The Morgan fingerprint density at radius 1 is 1.00 bits per heavy atom. The lowest BCUT2D eigenvalue weighted by Crippen LogP contribution is -2.27. The Hall–Kier alpha value is -2.89. The van der Waals surface area contributed by atoms with Crippen LogP contribution in [0, 0.1) is 6.92 Å². The molecule has 0 atom stereocenters. The van der Waals surface area contributed by atoms with E-state index in [4.69, 9.17) is 17.0 Å². The van der Waals surface area contributed by atoms with Crippen LogP contribution < -0.4 is 9.64 Å². The SMILES string of the molecule is Cc1cccc(COc2ccccc2/C=C2/SC(=S)N(c3ccccc3)C2=O)c1. The summed E-state index contributed by atoms with van der Waals surface area (Å²) in [7, 11) is 0. The fourth-order valence-corrected chi connectivity index (χ4v) is 4.39. The summed E-state index contributed by atoms with van der Waals surface area (Å²) in [5.41, 5.74) is 3.94. The van der Waals surface area contributed by atoms with Crippen molar-refractivity contribution >= 4 is 46.0 Å². The molecule has 1 heterocycles. The number of carbonyl (C=O) groups excluding carboxylic acids is 1. The molecule has 4 rings (SSSR count). The molecule has 1 amide bonds. The minimum absolute atomic E-state index is 0.111. The first kappa shape index (κ1) is 19.4. The monoisotopic (exact) mass is 417 g/mol. The van der Waals surface area contributed by atoms with E-state index in [2.05, 4.69) is 19.1 Å². The van der Waals surface area contributed by atoms with Crippen LogP contribution >= 0.6 is 24.0 Å². The quantitative estimate of drug-likeness (QED) is 0.377. The van der Waals surface area contributed by atoms with Gasteiger partial charge < -0.3 is 4.74 Å². The molecule has 0 unspecified atom stereocenters. The number of aryl methyl sites for hydroxylation is 1. The van der Waals surface area contributed by atoms with Crippen molar-refractivity contribution in [2.45, 2.75) is 13.5 Å². The van der Waals surface area contributed by atoms with Crippen LogP contribution in [-0.4, -0.2) is 10.2 Å². The van der Waals surface area contributed by atoms with Crippen molar-refractivity contribution in [3.63, 3.8) is 0 Å². The van der Waals surface area contributed by atoms with Gasteiger partial charge in [-0.25, -0.2) is 0 Å². The van der Waals surface area contributed by atoms with Crippen molar-refractivity contribution in [2.75, 3.05) is 4.90 Å². The molecule has 0 spiro atoms. The smallest absolute Gasteiger partial charge is 0.270 e. The first-order valence-electron chi connectivity index (χ1n) is 9.22. The van der Waals surface area contributed by atoms with E-state index in [1.807, 2.05) is 72.8 Å². The van der Waals surface area contributed by atoms with E-state index in [-0.39, 0.29) is 5.91 Å². The largest absolute Gasteiger partial charge is 0.488 e. The summed E-state index contributed by atoms with van der Waals surface area (Å²) in [6, 6.07) is 25.4. The number of thiocarbonyl (C=S) groups is 1. The highest BCUT2D eigenvalue weighted by atomic mass is 32.2. The molecule has 3 aromatic rings. The lowest BCUT2D eigenvalue weighted by atomic mass is 10.1. The van der Waals surface area contributed by atoms with E-state index >= 15 is 0 Å². The first-order valence-corrected chi connectivity index (χ1v) is 10.4. The maximum Gasteiger partial charge on any atom is 0.270 e. The van der Waals surface area contributed by atoms with Crippen LogP contribution in [0.4, 0.5) is 5.69 Å². The Balaban J connectivity index is 1.57. The van der Waals surface area contributed by atoms with Gasteiger partial charge in [-0.15, -0.1) is 0 Å². The van der Waals surface area contributed by atoms with Crippen molar-refractivity contribution in [3.05, 3.63) is 100 Å². The zero-order valence-corrected chi connectivity index (χ0v) is 17.5. The summed E-state index contributed by atoms with van der Waals surface area (Å²) in [5.74, 6) is 0.624. The molecule has 1 saturated heterocycles. The van der Waals surface area contributed by atoms with Gasteiger partial charge in [0.15, 0.2) is 4.32 Å². The lowest BCUT2D eigenvalue weighted by molar-refractivity contribution is -0.113. The molecule has 0 bridgehead atoms. The van der Waals surface area contributed by atoms with Crippen LogP contribution in [0.3, 0.4) is 0 Å². The summed E-state index contributed by atoms with van der Waals surface area (Å²) < 4.78 is 6.58. The molecule has 0 aliphatic carbocycles. The number of hydrogen-bond acceptors (Lipinski definition) is 4. The van der Waals surface area contributed by atoms with Gasteiger partial charge in [0.05, 0.1) is 10.6 Å². The van der Waals surface area contributed by atoms with E-state index in [9.17, 15) is 4.79 Å². The van der Waals surface area contributed by atoms with Crippen molar-refractivity contribution in [1.82, 2.24) is 0 Å². The van der Waals surface area contributed by atoms with Gasteiger partial charge in [-0.3, -0.25) is 9.69 Å². The fourth-order valence-electron chi connectivity index (χ4n) is 3.10. The Kier molecular flexibility index (Phi) is 5.79. The van der Waals surface area contributed by atoms with Crippen LogP contribution in [0.1, 0.15) is 16.7 Å². The summed E-state index contributed by atoms with van der Waals surface area (Å²) in [6.45, 7) is 2.53. The highest BCUT2D eigenvalue weighted by molar-refractivity contribution is 8.27. The number of ether oxygens (including phenoxy) is 1. The number of carbonyl (C=O) groups is 1. The Labute approximate surface area is 180 Å². The second-order valence-corrected chi connectivity index (χ2v) is 8.34. The van der Waals surface area contributed by atoms with Crippen LogP contribution in [-0.2, 0) is 11.4 Å². The van der Waals surface area contributed by atoms with E-state index in [0.29, 0.717) is 15.8 Å². The van der Waals surface area contributed by atoms with Crippen molar-refractivity contribution in [2.24, 2.45) is 0 Å². The van der Waals surface area contributed by atoms with E-state index in [1.165, 1.54) is 17.3 Å². The zero-order chi connectivity index (χ0) is 20.2. The third-order valence-corrected chi connectivity index (χ3v) is 5.79. The number of anilines is 1. The molecule has 0 radical (unpaired) electrons. The standard InChI is InChI=1S/C24H19NO2S2/c1-17-8-7-9-18(14-17)16-27-21-13-6-5-10-19(21)15-22-23(26)25(24(28)29-22)20-11-3-2-4-12-20/h2-15H,16H2,1H3/b22-15+. The number of benzene rings is 3. The minimum atomic E-state index is -0.111. The Morgan fingerprint density at radius 3 is 2.55 bits per heavy atom. The molecule has 1 aliphatic rings. The average molecular weight is 418 g/mol. The molecule has 3 aromatic carbocycles. The maximum atomic E-state index is 13.0. The normalized spacial score (nSPS) is 15.2. The summed E-state index contributed by atoms with van der Waals surface area (Å²) in [4.78, 5) is 15.1. The van der Waals surface area contributed by atoms with Gasteiger partial charge >= 0.3 is 0 Å². The zero-order valence-electron chi connectivity index (χ0n) is 15.9. The number of rotatable bonds is 5. The van der Waals surface area contributed by atoms with Crippen molar-refractivity contribution in [1.29, 1.82) is 0 Å². The van der Waals surface area contributed by atoms with E-state index < -0.39 is 0 Å². The number of hydrogen-bond donors (Lipinski definition) is 0. The predicted molar refractivity (Wildman–Crippen MR) is 124 cm³/mol. The summed E-state index contributed by atoms with van der Waals surface area (Å²) in [6.07, 6.45) is 1.85. The molecule has 5 heteroatoms. The van der Waals surface area contributed by atoms with E-state index in [1.54, 1.807) is 4.90 Å². The molecular formula is C24H19NO2S2. The number of nitrogens with zero attached hydrogens (tertiary/aromatic N) is 1. The molecule has 1 aliphatic heterocycles. The van der Waals surface area contributed by atoms with Crippen LogP contribution in [0.25, 0.3) is 6.08 Å². The highest BCUT2D eigenvalue weighted by Crippen LogP contribution is 2.37. The summed E-state index contributed by atoms with van der Waals surface area (Å²) >= 11 is 6.76. The van der Waals surface area contributed by atoms with Gasteiger partial charge in [0.2, 0.25) is 0 Å². The maximum absolute atomic E-state index is 13.0. The Morgan fingerprint density at radius 2 is 1.76 bits per heavy atom. The van der Waals surface area contributed by atoms with Gasteiger partial charge in [-0.05, 0) is 36.8 Å². The number of thioether (sulfide) groups is 1. The Bertz CT molecular complexity index is 1090. The highest BCUT2D eigenvalue weighted by Gasteiger charge is 2.33. The number of amides is 1. The predicted octanol–water partition coefficient (Wildman–Crippen LogP) is 5.98. The van der Waals surface area contributed by atoms with Gasteiger partial charge in [-0.2, -0.15) is 0 Å². The first-order chi connectivity index (χ1) is 14.1.